The summed E-state index contributed by atoms with van der Waals surface area (Å²) < 4.78 is 4.83. The Bertz CT molecular complexity index is 344. The Morgan fingerprint density at radius 2 is 2.18 bits per heavy atom. The van der Waals surface area contributed by atoms with Gasteiger partial charge in [-0.25, -0.2) is 4.79 Å². The molecule has 0 bridgehead atoms. The Labute approximate surface area is 101 Å². The molecular weight excluding hydrogens is 220 g/mol. The molecule has 1 atom stereocenters. The quantitative estimate of drug-likeness (QED) is 0.559. The summed E-state index contributed by atoms with van der Waals surface area (Å²) in [5.41, 5.74) is -1.58. The lowest BCUT2D eigenvalue weighted by Crippen LogP contribution is -2.53. The molecule has 0 rings (SSSR count). The smallest absolute Gasteiger partial charge is 0.346 e. The van der Waals surface area contributed by atoms with Crippen molar-refractivity contribution in [2.24, 2.45) is 0 Å². The van der Waals surface area contributed by atoms with Crippen molar-refractivity contribution in [1.29, 1.82) is 5.26 Å². The van der Waals surface area contributed by atoms with Crippen molar-refractivity contribution in [3.63, 3.8) is 0 Å². The maximum absolute atomic E-state index is 11.7. The first kappa shape index (κ1) is 15.2. The average molecular weight is 238 g/mol. The highest BCUT2D eigenvalue weighted by molar-refractivity contribution is 5.90. The standard InChI is InChI=1S/C12H18N2O3/c1-4-6-7-8-12(9-13,14-10(3)15)11(16)17-5-2/h4,6H,5,7-8H2,1-3H3,(H,14,15)/b6-4+. The van der Waals surface area contributed by atoms with Crippen LogP contribution in [0.2, 0.25) is 0 Å². The lowest BCUT2D eigenvalue weighted by Gasteiger charge is -2.24. The minimum Gasteiger partial charge on any atom is -0.463 e. The van der Waals surface area contributed by atoms with Gasteiger partial charge < -0.3 is 10.1 Å². The molecule has 0 saturated heterocycles. The van der Waals surface area contributed by atoms with Gasteiger partial charge in [0.2, 0.25) is 11.4 Å². The van der Waals surface area contributed by atoms with E-state index in [0.717, 1.165) is 0 Å². The number of nitriles is 1. The molecule has 0 aromatic rings. The van der Waals surface area contributed by atoms with E-state index in [9.17, 15) is 9.59 Å². The molecule has 0 aromatic heterocycles. The number of hydrogen-bond donors (Lipinski definition) is 1. The Morgan fingerprint density at radius 1 is 1.53 bits per heavy atom. The van der Waals surface area contributed by atoms with Gasteiger partial charge in [-0.2, -0.15) is 5.26 Å². The molecule has 0 aliphatic rings. The zero-order valence-corrected chi connectivity index (χ0v) is 10.4. The van der Waals surface area contributed by atoms with Gasteiger partial charge in [-0.1, -0.05) is 12.2 Å². The topological polar surface area (TPSA) is 79.2 Å². The lowest BCUT2D eigenvalue weighted by molar-refractivity contribution is -0.150. The molecule has 0 heterocycles. The van der Waals surface area contributed by atoms with E-state index in [1.54, 1.807) is 6.92 Å². The van der Waals surface area contributed by atoms with Crippen LogP contribution in [0.25, 0.3) is 0 Å². The van der Waals surface area contributed by atoms with Gasteiger partial charge in [-0.15, -0.1) is 0 Å². The van der Waals surface area contributed by atoms with E-state index in [1.807, 2.05) is 25.1 Å². The molecule has 17 heavy (non-hydrogen) atoms. The van der Waals surface area contributed by atoms with Gasteiger partial charge in [0.05, 0.1) is 6.61 Å². The highest BCUT2D eigenvalue weighted by atomic mass is 16.5. The van der Waals surface area contributed by atoms with Gasteiger partial charge in [0.15, 0.2) is 0 Å². The summed E-state index contributed by atoms with van der Waals surface area (Å²) in [5.74, 6) is -1.14. The van der Waals surface area contributed by atoms with Crippen LogP contribution in [0.15, 0.2) is 12.2 Å². The van der Waals surface area contributed by atoms with Gasteiger partial charge in [-0.05, 0) is 26.7 Å². The number of carbonyl (C=O) groups excluding carboxylic acids is 2. The van der Waals surface area contributed by atoms with Crippen LogP contribution in [-0.2, 0) is 14.3 Å². The van der Waals surface area contributed by atoms with Crippen LogP contribution in [0.3, 0.4) is 0 Å². The first-order chi connectivity index (χ1) is 8.02. The van der Waals surface area contributed by atoms with Crippen LogP contribution in [0, 0.1) is 11.3 Å². The summed E-state index contributed by atoms with van der Waals surface area (Å²) in [4.78, 5) is 22.8. The number of rotatable bonds is 6. The second kappa shape index (κ2) is 7.44. The van der Waals surface area contributed by atoms with Crippen LogP contribution < -0.4 is 5.32 Å². The van der Waals surface area contributed by atoms with Gasteiger partial charge in [0.1, 0.15) is 6.07 Å². The van der Waals surface area contributed by atoms with E-state index in [0.29, 0.717) is 6.42 Å². The molecule has 0 saturated carbocycles. The molecule has 0 aliphatic carbocycles. The second-order valence-electron chi connectivity index (χ2n) is 3.53. The number of esters is 1. The highest BCUT2D eigenvalue weighted by Gasteiger charge is 2.40. The summed E-state index contributed by atoms with van der Waals surface area (Å²) in [6, 6.07) is 1.85. The van der Waals surface area contributed by atoms with Crippen LogP contribution in [0.4, 0.5) is 0 Å². The molecular formula is C12H18N2O3. The third kappa shape index (κ3) is 4.68. The Hall–Kier alpha value is -1.83. The number of amides is 1. The van der Waals surface area contributed by atoms with Crippen molar-refractivity contribution in [2.45, 2.75) is 39.2 Å². The van der Waals surface area contributed by atoms with Gasteiger partial charge in [-0.3, -0.25) is 4.79 Å². The molecule has 1 N–H and O–H groups in total. The summed E-state index contributed by atoms with van der Waals surface area (Å²) in [6.07, 6.45) is 4.36. The van der Waals surface area contributed by atoms with Crippen molar-refractivity contribution in [3.05, 3.63) is 12.2 Å². The zero-order chi connectivity index (χ0) is 13.3. The lowest BCUT2D eigenvalue weighted by atomic mass is 9.94. The van der Waals surface area contributed by atoms with E-state index in [4.69, 9.17) is 10.00 Å². The molecule has 5 nitrogen and oxygen atoms in total. The van der Waals surface area contributed by atoms with Crippen LogP contribution in [0.5, 0.6) is 0 Å². The Morgan fingerprint density at radius 3 is 2.59 bits per heavy atom. The van der Waals surface area contributed by atoms with Crippen molar-refractivity contribution < 1.29 is 14.3 Å². The molecule has 5 heteroatoms. The summed E-state index contributed by atoms with van der Waals surface area (Å²) in [6.45, 7) is 4.93. The minimum absolute atomic E-state index is 0.172. The fourth-order valence-electron chi connectivity index (χ4n) is 1.37. The van der Waals surface area contributed by atoms with Gasteiger partial charge in [0, 0.05) is 6.92 Å². The predicted molar refractivity (Wildman–Crippen MR) is 62.8 cm³/mol. The third-order valence-electron chi connectivity index (χ3n) is 2.13. The van der Waals surface area contributed by atoms with E-state index < -0.39 is 17.4 Å². The average Bonchev–Trinajstić information content (AvgIpc) is 2.27. The molecule has 0 radical (unpaired) electrons. The molecule has 0 aromatic carbocycles. The monoisotopic (exact) mass is 238 g/mol. The maximum atomic E-state index is 11.7. The second-order valence-corrected chi connectivity index (χ2v) is 3.53. The SMILES string of the molecule is C/C=C/CCC(C#N)(NC(C)=O)C(=O)OCC. The molecule has 1 amide bonds. The van der Waals surface area contributed by atoms with Crippen molar-refractivity contribution >= 4 is 11.9 Å². The highest BCUT2D eigenvalue weighted by Crippen LogP contribution is 2.15. The first-order valence-corrected chi connectivity index (χ1v) is 5.50. The summed E-state index contributed by atoms with van der Waals surface area (Å²) in [5, 5.41) is 11.5. The van der Waals surface area contributed by atoms with Crippen molar-refractivity contribution in [2.75, 3.05) is 6.61 Å². The normalized spacial score (nSPS) is 13.8. The van der Waals surface area contributed by atoms with Crippen molar-refractivity contribution in [1.82, 2.24) is 5.32 Å². The molecule has 1 unspecified atom stereocenters. The van der Waals surface area contributed by atoms with Crippen LogP contribution >= 0.6 is 0 Å². The Balaban J connectivity index is 4.94. The maximum Gasteiger partial charge on any atom is 0.346 e. The third-order valence-corrected chi connectivity index (χ3v) is 2.13. The van der Waals surface area contributed by atoms with E-state index in [-0.39, 0.29) is 13.0 Å². The summed E-state index contributed by atoms with van der Waals surface area (Å²) in [7, 11) is 0. The number of carbonyl (C=O) groups is 2. The van der Waals surface area contributed by atoms with Gasteiger partial charge in [0.25, 0.3) is 0 Å². The Kier molecular flexibility index (Phi) is 6.64. The molecule has 0 spiro atoms. The van der Waals surface area contributed by atoms with E-state index in [2.05, 4.69) is 5.32 Å². The number of nitrogens with one attached hydrogen (secondary N) is 1. The fourth-order valence-corrected chi connectivity index (χ4v) is 1.37. The minimum atomic E-state index is -1.58. The van der Waals surface area contributed by atoms with Gasteiger partial charge >= 0.3 is 5.97 Å². The van der Waals surface area contributed by atoms with Crippen LogP contribution in [0.1, 0.15) is 33.6 Å². The number of hydrogen-bond acceptors (Lipinski definition) is 4. The van der Waals surface area contributed by atoms with Crippen molar-refractivity contribution in [3.8, 4) is 6.07 Å². The fraction of sp³-hybridized carbons (Fsp3) is 0.583. The summed E-state index contributed by atoms with van der Waals surface area (Å²) >= 11 is 0. The number of nitrogens with zero attached hydrogens (tertiary/aromatic N) is 1. The zero-order valence-electron chi connectivity index (χ0n) is 10.4. The first-order valence-electron chi connectivity index (χ1n) is 5.50. The van der Waals surface area contributed by atoms with E-state index >= 15 is 0 Å². The molecule has 0 aliphatic heterocycles. The number of allylic oxidation sites excluding steroid dienone is 2. The van der Waals surface area contributed by atoms with Crippen LogP contribution in [-0.4, -0.2) is 24.0 Å². The molecule has 94 valence electrons. The molecule has 0 fully saturated rings. The number of ether oxygens (including phenoxy) is 1. The largest absolute Gasteiger partial charge is 0.463 e. The predicted octanol–water partition coefficient (Wildman–Crippen LogP) is 1.30. The van der Waals surface area contributed by atoms with E-state index in [1.165, 1.54) is 6.92 Å².